The molecule has 5 nitrogen and oxygen atoms in total. The average molecular weight is 481 g/mol. The van der Waals surface area contributed by atoms with Crippen molar-refractivity contribution >= 4 is 51.6 Å². The fourth-order valence-electron chi connectivity index (χ4n) is 3.97. The van der Waals surface area contributed by atoms with Crippen molar-refractivity contribution in [2.45, 2.75) is 12.3 Å². The lowest BCUT2D eigenvalue weighted by Gasteiger charge is -2.26. The Bertz CT molecular complexity index is 1060. The molecule has 3 aromatic rings. The van der Waals surface area contributed by atoms with E-state index in [0.29, 0.717) is 28.0 Å². The second-order valence-corrected chi connectivity index (χ2v) is 8.92. The van der Waals surface area contributed by atoms with Crippen LogP contribution in [0.4, 0.5) is 0 Å². The summed E-state index contributed by atoms with van der Waals surface area (Å²) in [6.07, 6.45) is 2.23. The van der Waals surface area contributed by atoms with Gasteiger partial charge in [0.1, 0.15) is 0 Å². The molecule has 1 aliphatic heterocycles. The molecular formula is C23H24Cl3N3O2. The summed E-state index contributed by atoms with van der Waals surface area (Å²) in [4.78, 5) is 18.4. The molecule has 0 unspecified atom stereocenters. The predicted molar refractivity (Wildman–Crippen MR) is 126 cm³/mol. The number of nitrogens with one attached hydrogen (secondary N) is 2. The lowest BCUT2D eigenvalue weighted by molar-refractivity contribution is -0.121. The molecule has 4 rings (SSSR count). The summed E-state index contributed by atoms with van der Waals surface area (Å²) < 4.78 is 5.37. The maximum atomic E-state index is 12.9. The van der Waals surface area contributed by atoms with E-state index in [1.54, 1.807) is 6.07 Å². The standard InChI is InChI=1S/C23H24Cl3N3O2/c24-16-2-4-22-18(12-16)19(14-28-22)17(15-1-3-20(25)21(26)11-15)13-23(30)27-5-6-29-7-9-31-10-8-29/h1-4,11-12,14,17,28H,5-10,13H2,(H,27,30)/t17-/m1/s1. The number of H-pyrrole nitrogens is 1. The Labute approximate surface area is 196 Å². The van der Waals surface area contributed by atoms with Gasteiger partial charge in [0.25, 0.3) is 0 Å². The van der Waals surface area contributed by atoms with Crippen LogP contribution < -0.4 is 5.32 Å². The Morgan fingerprint density at radius 3 is 2.68 bits per heavy atom. The lowest BCUT2D eigenvalue weighted by atomic mass is 9.88. The van der Waals surface area contributed by atoms with Crippen molar-refractivity contribution in [1.82, 2.24) is 15.2 Å². The summed E-state index contributed by atoms with van der Waals surface area (Å²) in [6.45, 7) is 4.71. The van der Waals surface area contributed by atoms with Crippen LogP contribution in [0.1, 0.15) is 23.5 Å². The zero-order valence-electron chi connectivity index (χ0n) is 17.0. The zero-order chi connectivity index (χ0) is 21.8. The van der Waals surface area contributed by atoms with Crippen LogP contribution in [0.15, 0.2) is 42.6 Å². The van der Waals surface area contributed by atoms with E-state index in [-0.39, 0.29) is 11.8 Å². The van der Waals surface area contributed by atoms with Gasteiger partial charge in [0, 0.05) is 60.6 Å². The van der Waals surface area contributed by atoms with Crippen molar-refractivity contribution in [2.24, 2.45) is 0 Å². The van der Waals surface area contributed by atoms with E-state index < -0.39 is 0 Å². The van der Waals surface area contributed by atoms with Gasteiger partial charge in [0.2, 0.25) is 5.91 Å². The molecule has 8 heteroatoms. The van der Waals surface area contributed by atoms with Crippen LogP contribution in [0.25, 0.3) is 10.9 Å². The number of hydrogen-bond donors (Lipinski definition) is 2. The van der Waals surface area contributed by atoms with Crippen LogP contribution in [0.2, 0.25) is 15.1 Å². The average Bonchev–Trinajstić information content (AvgIpc) is 3.17. The molecule has 0 bridgehead atoms. The van der Waals surface area contributed by atoms with E-state index in [9.17, 15) is 4.79 Å². The van der Waals surface area contributed by atoms with Crippen LogP contribution in [0, 0.1) is 0 Å². The lowest BCUT2D eigenvalue weighted by Crippen LogP contribution is -2.41. The number of benzene rings is 2. The molecule has 1 aliphatic rings. The van der Waals surface area contributed by atoms with Gasteiger partial charge in [0.05, 0.1) is 23.3 Å². The molecule has 2 aromatic carbocycles. The molecule has 164 valence electrons. The molecule has 0 saturated carbocycles. The van der Waals surface area contributed by atoms with Crippen LogP contribution in [-0.4, -0.2) is 55.2 Å². The molecule has 1 atom stereocenters. The fraction of sp³-hybridized carbons (Fsp3) is 0.348. The van der Waals surface area contributed by atoms with Crippen LogP contribution in [-0.2, 0) is 9.53 Å². The van der Waals surface area contributed by atoms with Gasteiger partial charge in [0.15, 0.2) is 0 Å². The van der Waals surface area contributed by atoms with Crippen molar-refractivity contribution in [3.8, 4) is 0 Å². The third-order valence-corrected chi connectivity index (χ3v) is 6.61. The second kappa shape index (κ2) is 10.2. The molecule has 2 N–H and O–H groups in total. The first-order valence-electron chi connectivity index (χ1n) is 10.3. The Morgan fingerprint density at radius 1 is 1.10 bits per heavy atom. The highest BCUT2D eigenvalue weighted by atomic mass is 35.5. The minimum Gasteiger partial charge on any atom is -0.379 e. The van der Waals surface area contributed by atoms with Gasteiger partial charge in [-0.05, 0) is 41.5 Å². The molecule has 0 radical (unpaired) electrons. The first-order chi connectivity index (χ1) is 15.0. The summed E-state index contributed by atoms with van der Waals surface area (Å²) in [7, 11) is 0. The van der Waals surface area contributed by atoms with E-state index in [2.05, 4.69) is 15.2 Å². The highest BCUT2D eigenvalue weighted by molar-refractivity contribution is 6.42. The smallest absolute Gasteiger partial charge is 0.220 e. The third-order valence-electron chi connectivity index (χ3n) is 5.64. The normalized spacial score (nSPS) is 15.8. The SMILES string of the molecule is O=C(C[C@H](c1ccc(Cl)c(Cl)c1)c1c[nH]c2ccc(Cl)cc12)NCCN1CCOCC1. The zero-order valence-corrected chi connectivity index (χ0v) is 19.2. The van der Waals surface area contributed by atoms with Gasteiger partial charge < -0.3 is 15.0 Å². The van der Waals surface area contributed by atoms with Crippen molar-refractivity contribution in [3.63, 3.8) is 0 Å². The van der Waals surface area contributed by atoms with E-state index in [4.69, 9.17) is 39.5 Å². The highest BCUT2D eigenvalue weighted by Crippen LogP contribution is 2.36. The maximum Gasteiger partial charge on any atom is 0.220 e. The number of fused-ring (bicyclic) bond motifs is 1. The van der Waals surface area contributed by atoms with Crippen molar-refractivity contribution in [2.75, 3.05) is 39.4 Å². The number of halogens is 3. The minimum atomic E-state index is -0.189. The number of carbonyl (C=O) groups excluding carboxylic acids is 1. The van der Waals surface area contributed by atoms with Gasteiger partial charge in [-0.15, -0.1) is 0 Å². The Morgan fingerprint density at radius 2 is 1.90 bits per heavy atom. The molecule has 1 fully saturated rings. The molecule has 0 aliphatic carbocycles. The first-order valence-corrected chi connectivity index (χ1v) is 11.4. The van der Waals surface area contributed by atoms with Crippen molar-refractivity contribution in [1.29, 1.82) is 0 Å². The van der Waals surface area contributed by atoms with Gasteiger partial charge in [-0.3, -0.25) is 9.69 Å². The maximum absolute atomic E-state index is 12.9. The summed E-state index contributed by atoms with van der Waals surface area (Å²) in [5, 5.41) is 5.66. The summed E-state index contributed by atoms with van der Waals surface area (Å²) in [5.41, 5.74) is 2.90. The van der Waals surface area contributed by atoms with E-state index in [1.165, 1.54) is 0 Å². The van der Waals surface area contributed by atoms with Crippen molar-refractivity contribution < 1.29 is 9.53 Å². The minimum absolute atomic E-state index is 0.0132. The number of aromatic amines is 1. The number of aromatic nitrogens is 1. The molecule has 31 heavy (non-hydrogen) atoms. The summed E-state index contributed by atoms with van der Waals surface area (Å²) in [5.74, 6) is -0.203. The third kappa shape index (κ3) is 5.54. The Hall–Kier alpha value is -1.76. The van der Waals surface area contributed by atoms with E-state index in [0.717, 1.165) is 54.9 Å². The predicted octanol–water partition coefficient (Wildman–Crippen LogP) is 5.10. The number of rotatable bonds is 7. The van der Waals surface area contributed by atoms with Crippen LogP contribution in [0.5, 0.6) is 0 Å². The first kappa shape index (κ1) is 22.4. The quantitative estimate of drug-likeness (QED) is 0.495. The second-order valence-electron chi connectivity index (χ2n) is 7.67. The monoisotopic (exact) mass is 479 g/mol. The number of carbonyl (C=O) groups is 1. The fourth-order valence-corrected chi connectivity index (χ4v) is 4.45. The molecular weight excluding hydrogens is 457 g/mol. The number of amides is 1. The molecule has 1 saturated heterocycles. The van der Waals surface area contributed by atoms with Gasteiger partial charge in [-0.1, -0.05) is 40.9 Å². The number of morpholine rings is 1. The molecule has 0 spiro atoms. The summed E-state index contributed by atoms with van der Waals surface area (Å²) >= 11 is 18.7. The van der Waals surface area contributed by atoms with E-state index in [1.807, 2.05) is 36.5 Å². The number of hydrogen-bond acceptors (Lipinski definition) is 3. The molecule has 1 amide bonds. The van der Waals surface area contributed by atoms with Gasteiger partial charge in [-0.25, -0.2) is 0 Å². The van der Waals surface area contributed by atoms with Crippen LogP contribution >= 0.6 is 34.8 Å². The molecule has 1 aromatic heterocycles. The largest absolute Gasteiger partial charge is 0.379 e. The van der Waals surface area contributed by atoms with Gasteiger partial charge >= 0.3 is 0 Å². The number of nitrogens with zero attached hydrogens (tertiary/aromatic N) is 1. The molecule has 2 heterocycles. The van der Waals surface area contributed by atoms with Gasteiger partial charge in [-0.2, -0.15) is 0 Å². The van der Waals surface area contributed by atoms with Crippen molar-refractivity contribution in [3.05, 3.63) is 68.8 Å². The Balaban J connectivity index is 1.54. The summed E-state index contributed by atoms with van der Waals surface area (Å²) in [6, 6.07) is 11.2. The van der Waals surface area contributed by atoms with E-state index >= 15 is 0 Å². The highest BCUT2D eigenvalue weighted by Gasteiger charge is 2.22. The van der Waals surface area contributed by atoms with Crippen LogP contribution in [0.3, 0.4) is 0 Å². The Kier molecular flexibility index (Phi) is 7.41. The number of ether oxygens (including phenoxy) is 1. The topological polar surface area (TPSA) is 57.4 Å².